The van der Waals surface area contributed by atoms with Crippen LogP contribution in [0.2, 0.25) is 0 Å². The zero-order valence-corrected chi connectivity index (χ0v) is 18.3. The molecule has 1 N–H and O–H groups in total. The molecule has 1 saturated heterocycles. The molecule has 0 atom stereocenters. The van der Waals surface area contributed by atoms with E-state index in [1.54, 1.807) is 12.1 Å². The van der Waals surface area contributed by atoms with E-state index in [2.05, 4.69) is 21.2 Å². The van der Waals surface area contributed by atoms with E-state index in [1.165, 1.54) is 0 Å². The summed E-state index contributed by atoms with van der Waals surface area (Å²) in [5.74, 6) is 1.88. The van der Waals surface area contributed by atoms with Crippen molar-refractivity contribution >= 4 is 45.2 Å². The molecule has 1 aliphatic rings. The van der Waals surface area contributed by atoms with E-state index < -0.39 is 0 Å². The highest BCUT2D eigenvalue weighted by Gasteiger charge is 2.19. The molecule has 5 nitrogen and oxygen atoms in total. The minimum atomic E-state index is -0.103. The van der Waals surface area contributed by atoms with Gasteiger partial charge in [-0.1, -0.05) is 40.2 Å². The molecule has 0 unspecified atom stereocenters. The molecule has 0 saturated carbocycles. The number of hydrogen-bond acceptors (Lipinski definition) is 4. The van der Waals surface area contributed by atoms with E-state index >= 15 is 0 Å². The quantitative estimate of drug-likeness (QED) is 0.712. The third-order valence-corrected chi connectivity index (χ3v) is 6.22. The fourth-order valence-corrected chi connectivity index (χ4v) is 4.41. The van der Waals surface area contributed by atoms with Crippen LogP contribution in [0.1, 0.15) is 15.9 Å². The van der Waals surface area contributed by atoms with Crippen LogP contribution in [0.25, 0.3) is 0 Å². The Morgan fingerprint density at radius 1 is 1.14 bits per heavy atom. The number of amides is 2. The molecule has 0 bridgehead atoms. The first kappa shape index (κ1) is 20.9. The van der Waals surface area contributed by atoms with Gasteiger partial charge in [0.1, 0.15) is 0 Å². The summed E-state index contributed by atoms with van der Waals surface area (Å²) in [6, 6.07) is 15.2. The molecule has 0 spiro atoms. The minimum Gasteiger partial charge on any atom is -0.337 e. The van der Waals surface area contributed by atoms with Gasteiger partial charge in [0.05, 0.1) is 6.54 Å². The predicted octanol–water partition coefficient (Wildman–Crippen LogP) is 3.71. The Balaban J connectivity index is 1.56. The zero-order chi connectivity index (χ0) is 19.9. The fraction of sp³-hybridized carbons (Fsp3) is 0.333. The van der Waals surface area contributed by atoms with Crippen molar-refractivity contribution < 1.29 is 9.59 Å². The Hall–Kier alpha value is -1.83. The molecule has 2 aromatic rings. The number of anilines is 1. The van der Waals surface area contributed by atoms with Gasteiger partial charge < -0.3 is 10.2 Å². The zero-order valence-electron chi connectivity index (χ0n) is 15.9. The summed E-state index contributed by atoms with van der Waals surface area (Å²) in [6.45, 7) is 2.49. The molecular weight excluding hydrogens is 438 g/mol. The number of carbonyl (C=O) groups is 2. The smallest absolute Gasteiger partial charge is 0.253 e. The summed E-state index contributed by atoms with van der Waals surface area (Å²) in [7, 11) is 1.91. The van der Waals surface area contributed by atoms with Gasteiger partial charge in [0.25, 0.3) is 5.91 Å². The summed E-state index contributed by atoms with van der Waals surface area (Å²) in [5, 5.41) is 2.90. The number of carbonyl (C=O) groups excluding carboxylic acids is 2. The Labute approximate surface area is 178 Å². The molecule has 2 aromatic carbocycles. The molecule has 2 amide bonds. The van der Waals surface area contributed by atoms with E-state index in [0.29, 0.717) is 17.8 Å². The predicted molar refractivity (Wildman–Crippen MR) is 119 cm³/mol. The van der Waals surface area contributed by atoms with Crippen LogP contribution in [0, 0.1) is 0 Å². The SMILES string of the molecule is CN(CC(=O)Nc1cccc(C(=O)N2CCSCC2)c1)Cc1ccccc1Br. The van der Waals surface area contributed by atoms with Gasteiger partial charge >= 0.3 is 0 Å². The van der Waals surface area contributed by atoms with Crippen molar-refractivity contribution in [3.8, 4) is 0 Å². The molecule has 0 radical (unpaired) electrons. The second-order valence-corrected chi connectivity index (χ2v) is 8.88. The molecule has 1 fully saturated rings. The molecular formula is C21H24BrN3O2S. The van der Waals surface area contributed by atoms with Crippen molar-refractivity contribution in [3.05, 3.63) is 64.1 Å². The Kier molecular flexibility index (Phi) is 7.53. The standard InChI is InChI=1S/C21H24BrN3O2S/c1-24(14-17-5-2-3-8-19(17)22)15-20(26)23-18-7-4-6-16(13-18)21(27)25-9-11-28-12-10-25/h2-8,13H,9-12,14-15H2,1H3,(H,23,26). The summed E-state index contributed by atoms with van der Waals surface area (Å²) in [4.78, 5) is 28.9. The van der Waals surface area contributed by atoms with Gasteiger partial charge in [-0.05, 0) is 36.9 Å². The van der Waals surface area contributed by atoms with Crippen LogP contribution in [0.3, 0.4) is 0 Å². The Morgan fingerprint density at radius 2 is 1.89 bits per heavy atom. The van der Waals surface area contributed by atoms with Crippen LogP contribution in [-0.2, 0) is 11.3 Å². The van der Waals surface area contributed by atoms with Crippen LogP contribution in [0.15, 0.2) is 53.0 Å². The maximum absolute atomic E-state index is 12.6. The summed E-state index contributed by atoms with van der Waals surface area (Å²) < 4.78 is 1.03. The summed E-state index contributed by atoms with van der Waals surface area (Å²) in [5.41, 5.74) is 2.40. The molecule has 1 aliphatic heterocycles. The first-order chi connectivity index (χ1) is 13.5. The summed E-state index contributed by atoms with van der Waals surface area (Å²) in [6.07, 6.45) is 0. The number of hydrogen-bond donors (Lipinski definition) is 1. The number of benzene rings is 2. The second kappa shape index (κ2) is 10.1. The van der Waals surface area contributed by atoms with Gasteiger partial charge in [-0.15, -0.1) is 0 Å². The van der Waals surface area contributed by atoms with Gasteiger partial charge in [0, 0.05) is 46.9 Å². The van der Waals surface area contributed by atoms with Gasteiger partial charge in [-0.3, -0.25) is 14.5 Å². The largest absolute Gasteiger partial charge is 0.337 e. The first-order valence-electron chi connectivity index (χ1n) is 9.22. The van der Waals surface area contributed by atoms with E-state index in [-0.39, 0.29) is 18.4 Å². The van der Waals surface area contributed by atoms with Crippen LogP contribution >= 0.6 is 27.7 Å². The number of thioether (sulfide) groups is 1. The molecule has 148 valence electrons. The summed E-state index contributed by atoms with van der Waals surface area (Å²) >= 11 is 5.41. The molecule has 28 heavy (non-hydrogen) atoms. The van der Waals surface area contributed by atoms with Crippen LogP contribution in [0.4, 0.5) is 5.69 Å². The molecule has 0 aliphatic carbocycles. The third kappa shape index (κ3) is 5.83. The number of likely N-dealkylation sites (N-methyl/N-ethyl adjacent to an activating group) is 1. The second-order valence-electron chi connectivity index (χ2n) is 6.80. The van der Waals surface area contributed by atoms with Gasteiger partial charge in [0.15, 0.2) is 0 Å². The van der Waals surface area contributed by atoms with Gasteiger partial charge in [-0.25, -0.2) is 0 Å². The highest BCUT2D eigenvalue weighted by atomic mass is 79.9. The number of halogens is 1. The number of nitrogens with zero attached hydrogens (tertiary/aromatic N) is 2. The van der Waals surface area contributed by atoms with Crippen LogP contribution < -0.4 is 5.32 Å². The van der Waals surface area contributed by atoms with Crippen molar-refractivity contribution in [1.82, 2.24) is 9.80 Å². The Morgan fingerprint density at radius 3 is 2.64 bits per heavy atom. The van der Waals surface area contributed by atoms with Crippen molar-refractivity contribution in [2.45, 2.75) is 6.54 Å². The van der Waals surface area contributed by atoms with Crippen molar-refractivity contribution in [3.63, 3.8) is 0 Å². The fourth-order valence-electron chi connectivity index (χ4n) is 3.10. The molecule has 7 heteroatoms. The average Bonchev–Trinajstić information content (AvgIpc) is 2.70. The van der Waals surface area contributed by atoms with Crippen LogP contribution in [-0.4, -0.2) is 59.8 Å². The van der Waals surface area contributed by atoms with E-state index in [9.17, 15) is 9.59 Å². The maximum Gasteiger partial charge on any atom is 0.253 e. The topological polar surface area (TPSA) is 52.7 Å². The van der Waals surface area contributed by atoms with Crippen LogP contribution in [0.5, 0.6) is 0 Å². The van der Waals surface area contributed by atoms with E-state index in [0.717, 1.165) is 34.6 Å². The lowest BCUT2D eigenvalue weighted by Gasteiger charge is -2.26. The lowest BCUT2D eigenvalue weighted by atomic mass is 10.1. The maximum atomic E-state index is 12.6. The molecule has 3 rings (SSSR count). The third-order valence-electron chi connectivity index (χ3n) is 4.50. The van der Waals surface area contributed by atoms with Crippen molar-refractivity contribution in [1.29, 1.82) is 0 Å². The average molecular weight is 462 g/mol. The minimum absolute atomic E-state index is 0.0300. The number of nitrogens with one attached hydrogen (secondary N) is 1. The highest BCUT2D eigenvalue weighted by molar-refractivity contribution is 9.10. The van der Waals surface area contributed by atoms with Gasteiger partial charge in [-0.2, -0.15) is 11.8 Å². The molecule has 1 heterocycles. The van der Waals surface area contributed by atoms with E-state index in [1.807, 2.05) is 65.0 Å². The highest BCUT2D eigenvalue weighted by Crippen LogP contribution is 2.18. The number of rotatable bonds is 6. The van der Waals surface area contributed by atoms with E-state index in [4.69, 9.17) is 0 Å². The normalized spacial score (nSPS) is 14.2. The van der Waals surface area contributed by atoms with Gasteiger partial charge in [0.2, 0.25) is 5.91 Å². The lowest BCUT2D eigenvalue weighted by Crippen LogP contribution is -2.37. The molecule has 0 aromatic heterocycles. The Bertz CT molecular complexity index is 840. The monoisotopic (exact) mass is 461 g/mol. The van der Waals surface area contributed by atoms with Crippen molar-refractivity contribution in [2.24, 2.45) is 0 Å². The van der Waals surface area contributed by atoms with Crippen molar-refractivity contribution in [2.75, 3.05) is 43.5 Å². The first-order valence-corrected chi connectivity index (χ1v) is 11.2. The lowest BCUT2D eigenvalue weighted by molar-refractivity contribution is -0.117.